The van der Waals surface area contributed by atoms with E-state index in [1.54, 1.807) is 5.32 Å². The summed E-state index contributed by atoms with van der Waals surface area (Å²) in [7, 11) is 0. The summed E-state index contributed by atoms with van der Waals surface area (Å²) in [6.07, 6.45) is -1.21. The van der Waals surface area contributed by atoms with Crippen LogP contribution in [-0.4, -0.2) is 36.6 Å². The number of hydrogen-bond donors (Lipinski definition) is 2. The van der Waals surface area contributed by atoms with Crippen LogP contribution in [0.25, 0.3) is 0 Å². The molecule has 0 aromatic carbocycles. The van der Waals surface area contributed by atoms with Crippen molar-refractivity contribution < 1.29 is 27.8 Å². The van der Waals surface area contributed by atoms with Crippen LogP contribution in [0.5, 0.6) is 0 Å². The predicted octanol–water partition coefficient (Wildman–Crippen LogP) is 3.63. The average Bonchev–Trinajstić information content (AvgIpc) is 2.34. The van der Waals surface area contributed by atoms with Crippen LogP contribution in [0, 0.1) is 5.92 Å². The molecule has 1 amide bonds. The first-order valence-electron chi connectivity index (χ1n) is 7.36. The van der Waals surface area contributed by atoms with E-state index >= 15 is 0 Å². The molecule has 126 valence electrons. The van der Waals surface area contributed by atoms with Gasteiger partial charge in [0.25, 0.3) is 0 Å². The second-order valence-corrected chi connectivity index (χ2v) is 5.55. The van der Waals surface area contributed by atoms with Crippen LogP contribution in [0.2, 0.25) is 0 Å². The second-order valence-electron chi connectivity index (χ2n) is 5.55. The molecular weight excluding hydrogens is 287 g/mol. The van der Waals surface area contributed by atoms with Gasteiger partial charge in [-0.1, -0.05) is 26.7 Å². The summed E-state index contributed by atoms with van der Waals surface area (Å²) >= 11 is 0. The molecule has 7 heteroatoms. The number of hydrogen-bond acceptors (Lipinski definition) is 3. The van der Waals surface area contributed by atoms with Gasteiger partial charge in [0.2, 0.25) is 0 Å². The molecular formula is C14H26F3NO3. The number of amides is 1. The Labute approximate surface area is 124 Å². The fraction of sp³-hybridized carbons (Fsp3) is 0.929. The summed E-state index contributed by atoms with van der Waals surface area (Å²) in [5.41, 5.74) is 0. The van der Waals surface area contributed by atoms with E-state index in [0.717, 1.165) is 25.7 Å². The molecule has 2 N–H and O–H groups in total. The Morgan fingerprint density at radius 2 is 1.81 bits per heavy atom. The Balaban J connectivity index is 4.07. The Morgan fingerprint density at radius 3 is 2.33 bits per heavy atom. The summed E-state index contributed by atoms with van der Waals surface area (Å²) in [4.78, 5) is 11.4. The number of nitrogens with one attached hydrogen (secondary N) is 1. The van der Waals surface area contributed by atoms with E-state index in [-0.39, 0.29) is 12.7 Å². The number of carbonyl (C=O) groups is 1. The van der Waals surface area contributed by atoms with Gasteiger partial charge in [-0.15, -0.1) is 0 Å². The third-order valence-electron chi connectivity index (χ3n) is 2.88. The van der Waals surface area contributed by atoms with Gasteiger partial charge in [-0.25, -0.2) is 4.79 Å². The van der Waals surface area contributed by atoms with E-state index in [9.17, 15) is 18.0 Å². The number of unbranched alkanes of at least 4 members (excludes halogenated alkanes) is 3. The van der Waals surface area contributed by atoms with Gasteiger partial charge in [0.1, 0.15) is 12.6 Å². The van der Waals surface area contributed by atoms with Gasteiger partial charge in [-0.2, -0.15) is 13.2 Å². The van der Waals surface area contributed by atoms with Crippen molar-refractivity contribution in [1.82, 2.24) is 5.32 Å². The zero-order valence-corrected chi connectivity index (χ0v) is 12.7. The molecule has 0 spiro atoms. The van der Waals surface area contributed by atoms with Crippen LogP contribution in [0.15, 0.2) is 0 Å². The molecule has 0 radical (unpaired) electrons. The van der Waals surface area contributed by atoms with Crippen molar-refractivity contribution in [3.63, 3.8) is 0 Å². The number of rotatable bonds is 10. The lowest BCUT2D eigenvalue weighted by Crippen LogP contribution is -2.36. The van der Waals surface area contributed by atoms with Gasteiger partial charge in [-0.3, -0.25) is 0 Å². The highest BCUT2D eigenvalue weighted by Crippen LogP contribution is 2.17. The van der Waals surface area contributed by atoms with E-state index in [4.69, 9.17) is 9.84 Å². The highest BCUT2D eigenvalue weighted by Gasteiger charge is 2.28. The van der Waals surface area contributed by atoms with Crippen molar-refractivity contribution in [2.75, 3.05) is 13.2 Å². The van der Waals surface area contributed by atoms with Gasteiger partial charge in [0.05, 0.1) is 0 Å². The van der Waals surface area contributed by atoms with Crippen molar-refractivity contribution in [1.29, 1.82) is 0 Å². The lowest BCUT2D eigenvalue weighted by atomic mass is 10.0. The van der Waals surface area contributed by atoms with E-state index in [1.807, 2.05) is 13.8 Å². The zero-order chi connectivity index (χ0) is 16.3. The lowest BCUT2D eigenvalue weighted by molar-refractivity contribution is -0.124. The summed E-state index contributed by atoms with van der Waals surface area (Å²) in [5.74, 6) is 0.294. The maximum atomic E-state index is 12.0. The Hall–Kier alpha value is -0.980. The molecule has 0 fully saturated rings. The van der Waals surface area contributed by atoms with Gasteiger partial charge in [0, 0.05) is 6.61 Å². The zero-order valence-electron chi connectivity index (χ0n) is 12.7. The minimum absolute atomic E-state index is 0.159. The summed E-state index contributed by atoms with van der Waals surface area (Å²) in [6.45, 7) is 2.72. The van der Waals surface area contributed by atoms with Crippen LogP contribution < -0.4 is 5.32 Å². The predicted molar refractivity (Wildman–Crippen MR) is 74.0 cm³/mol. The van der Waals surface area contributed by atoms with Gasteiger partial charge < -0.3 is 15.2 Å². The molecule has 0 saturated carbocycles. The molecule has 1 unspecified atom stereocenters. The van der Waals surface area contributed by atoms with Crippen LogP contribution >= 0.6 is 0 Å². The summed E-state index contributed by atoms with van der Waals surface area (Å²) in [5, 5.41) is 10.4. The summed E-state index contributed by atoms with van der Waals surface area (Å²) < 4.78 is 41.0. The normalized spacial score (nSPS) is 13.3. The third-order valence-corrected chi connectivity index (χ3v) is 2.88. The molecule has 1 atom stereocenters. The number of alkyl halides is 3. The minimum atomic E-state index is -4.43. The van der Waals surface area contributed by atoms with E-state index in [0.29, 0.717) is 18.8 Å². The Bertz CT molecular complexity index is 283. The largest absolute Gasteiger partial charge is 0.446 e. The first kappa shape index (κ1) is 20.0. The fourth-order valence-electron chi connectivity index (χ4n) is 1.95. The van der Waals surface area contributed by atoms with Crippen LogP contribution in [0.4, 0.5) is 18.0 Å². The molecule has 0 aliphatic rings. The number of aliphatic hydroxyl groups is 1. The minimum Gasteiger partial charge on any atom is -0.446 e. The average molecular weight is 313 g/mol. The molecule has 0 heterocycles. The highest BCUT2D eigenvalue weighted by atomic mass is 19.4. The SMILES string of the molecule is CC(C)CC(CCCCCCO)OC(=O)NCC(F)(F)F. The van der Waals surface area contributed by atoms with E-state index < -0.39 is 18.8 Å². The number of halogens is 3. The molecule has 0 saturated heterocycles. The molecule has 0 aliphatic heterocycles. The second kappa shape index (κ2) is 10.7. The first-order valence-corrected chi connectivity index (χ1v) is 7.36. The van der Waals surface area contributed by atoms with Gasteiger partial charge in [-0.05, 0) is 31.6 Å². The van der Waals surface area contributed by atoms with E-state index in [2.05, 4.69) is 0 Å². The number of aliphatic hydroxyl groups excluding tert-OH is 1. The Morgan fingerprint density at radius 1 is 1.19 bits per heavy atom. The number of carbonyl (C=O) groups excluding carboxylic acids is 1. The van der Waals surface area contributed by atoms with Crippen molar-refractivity contribution in [2.45, 2.75) is 64.7 Å². The van der Waals surface area contributed by atoms with Crippen LogP contribution in [-0.2, 0) is 4.74 Å². The van der Waals surface area contributed by atoms with Crippen molar-refractivity contribution >= 4 is 6.09 Å². The van der Waals surface area contributed by atoms with Gasteiger partial charge in [0.15, 0.2) is 0 Å². The van der Waals surface area contributed by atoms with Crippen molar-refractivity contribution in [3.05, 3.63) is 0 Å². The summed E-state index contributed by atoms with van der Waals surface area (Å²) in [6, 6.07) is 0. The molecule has 21 heavy (non-hydrogen) atoms. The third kappa shape index (κ3) is 13.7. The highest BCUT2D eigenvalue weighted by molar-refractivity contribution is 5.67. The standard InChI is InChI=1S/C14H26F3NO3/c1-11(2)9-12(7-5-3-4-6-8-19)21-13(20)18-10-14(15,16)17/h11-12,19H,3-10H2,1-2H3,(H,18,20). The first-order chi connectivity index (χ1) is 9.74. The molecule has 4 nitrogen and oxygen atoms in total. The molecule has 0 bridgehead atoms. The smallest absolute Gasteiger partial charge is 0.407 e. The maximum absolute atomic E-state index is 12.0. The van der Waals surface area contributed by atoms with Crippen LogP contribution in [0.3, 0.4) is 0 Å². The number of alkyl carbamates (subject to hydrolysis) is 1. The van der Waals surface area contributed by atoms with E-state index in [1.165, 1.54) is 0 Å². The van der Waals surface area contributed by atoms with Gasteiger partial charge >= 0.3 is 12.3 Å². The lowest BCUT2D eigenvalue weighted by Gasteiger charge is -2.20. The molecule has 0 aromatic rings. The van der Waals surface area contributed by atoms with Crippen LogP contribution in [0.1, 0.15) is 52.4 Å². The Kier molecular flexibility index (Phi) is 10.2. The fourth-order valence-corrected chi connectivity index (χ4v) is 1.95. The molecule has 0 aliphatic carbocycles. The quantitative estimate of drug-likeness (QED) is 0.605. The number of ether oxygens (including phenoxy) is 1. The monoisotopic (exact) mass is 313 g/mol. The van der Waals surface area contributed by atoms with Crippen molar-refractivity contribution in [3.8, 4) is 0 Å². The maximum Gasteiger partial charge on any atom is 0.407 e. The molecule has 0 aromatic heterocycles. The molecule has 0 rings (SSSR count). The topological polar surface area (TPSA) is 58.6 Å². The van der Waals surface area contributed by atoms with Crippen molar-refractivity contribution in [2.24, 2.45) is 5.92 Å².